The summed E-state index contributed by atoms with van der Waals surface area (Å²) in [6.45, 7) is 10.2. The molecule has 3 fully saturated rings. The molecule has 0 bridgehead atoms. The predicted molar refractivity (Wildman–Crippen MR) is 202 cm³/mol. The van der Waals surface area contributed by atoms with Crippen molar-refractivity contribution < 1.29 is 9.59 Å². The number of piperidine rings is 1. The second-order valence-electron chi connectivity index (χ2n) is 14.9. The van der Waals surface area contributed by atoms with Gasteiger partial charge in [-0.2, -0.15) is 10.2 Å². The van der Waals surface area contributed by atoms with Crippen molar-refractivity contribution in [2.75, 3.05) is 40.3 Å². The Hall–Kier alpha value is -4.28. The first kappa shape index (κ1) is 36.5. The Morgan fingerprint density at radius 1 is 0.686 bits per heavy atom. The summed E-state index contributed by atoms with van der Waals surface area (Å²) in [4.78, 5) is 34.6. The van der Waals surface area contributed by atoms with E-state index < -0.39 is 0 Å². The summed E-state index contributed by atoms with van der Waals surface area (Å²) in [6, 6.07) is 21.7. The van der Waals surface area contributed by atoms with Crippen LogP contribution < -0.4 is 0 Å². The van der Waals surface area contributed by atoms with Crippen LogP contribution in [0.3, 0.4) is 0 Å². The van der Waals surface area contributed by atoms with E-state index in [4.69, 9.17) is 0 Å². The molecule has 3 aliphatic rings. The monoisotopic (exact) mass is 692 g/mol. The van der Waals surface area contributed by atoms with Gasteiger partial charge in [0.15, 0.2) is 0 Å². The van der Waals surface area contributed by atoms with Crippen molar-refractivity contribution in [2.24, 2.45) is 0 Å². The normalized spacial score (nSPS) is 18.9. The van der Waals surface area contributed by atoms with Crippen LogP contribution in [0.25, 0.3) is 0 Å². The average molecular weight is 693 g/mol. The SMILES string of the molecule is CC(C)N1CCC(N(C)C(=O)c2ccc(Cn3cccn3)cc2)CC1.CN(C(=O)c1ccc(Cn2cccn2)cc1)[C@@H]1CCN(C2CCCC2)C1. The van der Waals surface area contributed by atoms with Gasteiger partial charge in [-0.15, -0.1) is 0 Å². The van der Waals surface area contributed by atoms with Crippen LogP contribution in [-0.4, -0.2) is 115 Å². The topological polar surface area (TPSA) is 82.7 Å². The van der Waals surface area contributed by atoms with Crippen LogP contribution in [0.4, 0.5) is 0 Å². The number of likely N-dealkylation sites (N-methyl/N-ethyl adjacent to an activating group) is 1. The molecule has 1 atom stereocenters. The maximum Gasteiger partial charge on any atom is 0.253 e. The zero-order valence-electron chi connectivity index (χ0n) is 31.0. The third-order valence-electron chi connectivity index (χ3n) is 11.2. The molecule has 0 N–H and O–H groups in total. The van der Waals surface area contributed by atoms with Crippen LogP contribution in [-0.2, 0) is 13.1 Å². The van der Waals surface area contributed by atoms with E-state index in [1.807, 2.05) is 106 Å². The van der Waals surface area contributed by atoms with Gasteiger partial charge in [0.25, 0.3) is 11.8 Å². The molecule has 1 saturated carbocycles. The second-order valence-corrected chi connectivity index (χ2v) is 14.9. The minimum absolute atomic E-state index is 0.119. The lowest BCUT2D eigenvalue weighted by molar-refractivity contribution is 0.0615. The zero-order valence-corrected chi connectivity index (χ0v) is 31.0. The molecule has 10 heteroatoms. The largest absolute Gasteiger partial charge is 0.339 e. The van der Waals surface area contributed by atoms with Gasteiger partial charge in [0.1, 0.15) is 0 Å². The van der Waals surface area contributed by atoms with E-state index in [0.717, 1.165) is 86.8 Å². The Balaban J connectivity index is 0.000000176. The molecule has 2 aromatic heterocycles. The van der Waals surface area contributed by atoms with Crippen molar-refractivity contribution in [3.05, 3.63) is 108 Å². The summed E-state index contributed by atoms with van der Waals surface area (Å²) in [6.07, 6.45) is 16.0. The molecule has 0 radical (unpaired) electrons. The summed E-state index contributed by atoms with van der Waals surface area (Å²) in [7, 11) is 3.90. The third-order valence-corrected chi connectivity index (χ3v) is 11.2. The molecular weight excluding hydrogens is 637 g/mol. The Kier molecular flexibility index (Phi) is 12.4. The number of benzene rings is 2. The van der Waals surface area contributed by atoms with Gasteiger partial charge < -0.3 is 14.7 Å². The molecule has 0 spiro atoms. The molecule has 7 rings (SSSR count). The fourth-order valence-corrected chi connectivity index (χ4v) is 7.88. The highest BCUT2D eigenvalue weighted by Crippen LogP contribution is 2.28. The van der Waals surface area contributed by atoms with E-state index in [9.17, 15) is 9.59 Å². The number of amides is 2. The Labute approximate surface area is 304 Å². The van der Waals surface area contributed by atoms with Crippen LogP contribution in [0.5, 0.6) is 0 Å². The Bertz CT molecular complexity index is 1640. The lowest BCUT2D eigenvalue weighted by Crippen LogP contribution is -2.47. The first-order valence-corrected chi connectivity index (χ1v) is 18.9. The smallest absolute Gasteiger partial charge is 0.253 e. The van der Waals surface area contributed by atoms with E-state index in [-0.39, 0.29) is 11.8 Å². The highest BCUT2D eigenvalue weighted by Gasteiger charge is 2.33. The van der Waals surface area contributed by atoms with Gasteiger partial charge in [-0.1, -0.05) is 37.1 Å². The molecule has 0 unspecified atom stereocenters. The summed E-state index contributed by atoms with van der Waals surface area (Å²) in [5.41, 5.74) is 3.84. The van der Waals surface area contributed by atoms with Gasteiger partial charge in [-0.05, 0) is 93.5 Å². The molecule has 4 aromatic rings. The molecule has 4 heterocycles. The molecule has 51 heavy (non-hydrogen) atoms. The van der Waals surface area contributed by atoms with Crippen molar-refractivity contribution >= 4 is 11.8 Å². The van der Waals surface area contributed by atoms with Crippen molar-refractivity contribution in [2.45, 2.75) is 96.1 Å². The van der Waals surface area contributed by atoms with Crippen LogP contribution in [0.2, 0.25) is 0 Å². The highest BCUT2D eigenvalue weighted by molar-refractivity contribution is 5.94. The number of aromatic nitrogens is 4. The summed E-state index contributed by atoms with van der Waals surface area (Å²) < 4.78 is 3.77. The van der Waals surface area contributed by atoms with E-state index in [0.29, 0.717) is 18.1 Å². The Morgan fingerprint density at radius 2 is 1.16 bits per heavy atom. The van der Waals surface area contributed by atoms with Crippen molar-refractivity contribution in [1.29, 1.82) is 0 Å². The fraction of sp³-hybridized carbons (Fsp3) is 0.512. The third kappa shape index (κ3) is 9.54. The van der Waals surface area contributed by atoms with Crippen LogP contribution >= 0.6 is 0 Å². The van der Waals surface area contributed by atoms with Crippen molar-refractivity contribution in [3.63, 3.8) is 0 Å². The van der Waals surface area contributed by atoms with E-state index in [1.165, 1.54) is 25.7 Å². The number of carbonyl (C=O) groups is 2. The van der Waals surface area contributed by atoms with Crippen LogP contribution in [0, 0.1) is 0 Å². The number of hydrogen-bond donors (Lipinski definition) is 0. The Morgan fingerprint density at radius 3 is 1.61 bits per heavy atom. The van der Waals surface area contributed by atoms with E-state index >= 15 is 0 Å². The molecule has 2 amide bonds. The summed E-state index contributed by atoms with van der Waals surface area (Å²) in [5, 5.41) is 8.44. The summed E-state index contributed by atoms with van der Waals surface area (Å²) >= 11 is 0. The number of rotatable bonds is 10. The molecule has 2 saturated heterocycles. The maximum atomic E-state index is 12.9. The predicted octanol–water partition coefficient (Wildman–Crippen LogP) is 5.90. The minimum atomic E-state index is 0.119. The quantitative estimate of drug-likeness (QED) is 0.206. The molecule has 10 nitrogen and oxygen atoms in total. The van der Waals surface area contributed by atoms with Gasteiger partial charge in [-0.3, -0.25) is 23.9 Å². The number of carbonyl (C=O) groups excluding carboxylic acids is 2. The van der Waals surface area contributed by atoms with Crippen molar-refractivity contribution in [3.8, 4) is 0 Å². The maximum absolute atomic E-state index is 12.9. The number of likely N-dealkylation sites (tertiary alicyclic amines) is 2. The average Bonchev–Trinajstić information content (AvgIpc) is 4.00. The molecule has 2 aromatic carbocycles. The molecule has 272 valence electrons. The van der Waals surface area contributed by atoms with E-state index in [2.05, 4.69) is 33.8 Å². The van der Waals surface area contributed by atoms with Crippen LogP contribution in [0.1, 0.15) is 90.6 Å². The first-order chi connectivity index (χ1) is 24.7. The van der Waals surface area contributed by atoms with Gasteiger partial charge in [0.05, 0.1) is 13.1 Å². The van der Waals surface area contributed by atoms with Crippen LogP contribution in [0.15, 0.2) is 85.5 Å². The summed E-state index contributed by atoms with van der Waals surface area (Å²) in [5.74, 6) is 0.252. The molecular formula is C41H56N8O2. The molecule has 1 aliphatic carbocycles. The fourth-order valence-electron chi connectivity index (χ4n) is 7.88. The van der Waals surface area contributed by atoms with Gasteiger partial charge in [0, 0.05) is 100 Å². The standard InChI is InChI=1S/C21H28N4O.C20H28N4O/c1-23(20-11-14-24(16-20)19-5-2-3-6-19)21(26)18-9-7-17(8-10-18)15-25-13-4-12-22-25;1-16(2)23-13-9-19(10-14-23)22(3)20(25)18-7-5-17(6-8-18)15-24-12-4-11-21-24/h4,7-10,12-13,19-20H,2-3,5-6,11,14-16H2,1H3;4-8,11-12,16,19H,9-10,13-15H2,1-3H3/t20-;/m1./s1. The highest BCUT2D eigenvalue weighted by atomic mass is 16.2. The second kappa shape index (κ2) is 17.3. The van der Waals surface area contributed by atoms with Gasteiger partial charge in [0.2, 0.25) is 0 Å². The van der Waals surface area contributed by atoms with Gasteiger partial charge in [-0.25, -0.2) is 0 Å². The molecule has 2 aliphatic heterocycles. The zero-order chi connectivity index (χ0) is 35.7. The number of hydrogen-bond acceptors (Lipinski definition) is 6. The first-order valence-electron chi connectivity index (χ1n) is 18.9. The van der Waals surface area contributed by atoms with E-state index in [1.54, 1.807) is 12.4 Å². The lowest BCUT2D eigenvalue weighted by Gasteiger charge is -2.38. The lowest BCUT2D eigenvalue weighted by atomic mass is 10.0. The number of nitrogens with zero attached hydrogens (tertiary/aromatic N) is 8. The van der Waals surface area contributed by atoms with Crippen molar-refractivity contribution in [1.82, 2.24) is 39.2 Å². The minimum Gasteiger partial charge on any atom is -0.339 e. The van der Waals surface area contributed by atoms with Gasteiger partial charge >= 0.3 is 0 Å².